The van der Waals surface area contributed by atoms with Gasteiger partial charge in [0, 0.05) is 0 Å². The zero-order valence-corrected chi connectivity index (χ0v) is 13.5. The van der Waals surface area contributed by atoms with E-state index in [1.165, 1.54) is 7.05 Å². The average molecular weight is 337 g/mol. The fourth-order valence-electron chi connectivity index (χ4n) is 1.86. The zero-order chi connectivity index (χ0) is 17.0. The molecule has 0 aliphatic heterocycles. The number of nitrogens with one attached hydrogen (secondary N) is 1. The van der Waals surface area contributed by atoms with Crippen molar-refractivity contribution < 1.29 is 22.3 Å². The lowest BCUT2D eigenvalue weighted by Gasteiger charge is -2.08. The van der Waals surface area contributed by atoms with Gasteiger partial charge < -0.3 is 4.74 Å². The van der Waals surface area contributed by atoms with E-state index in [2.05, 4.69) is 4.72 Å². The van der Waals surface area contributed by atoms with Crippen LogP contribution < -0.4 is 4.72 Å². The lowest BCUT2D eigenvalue weighted by Crippen LogP contribution is -2.19. The van der Waals surface area contributed by atoms with Crippen molar-refractivity contribution in [3.63, 3.8) is 0 Å². The average Bonchev–Trinajstić information content (AvgIpc) is 2.54. The minimum Gasteiger partial charge on any atom is -0.457 e. The Balaban J connectivity index is 2.18. The van der Waals surface area contributed by atoms with Crippen LogP contribution in [0.15, 0.2) is 47.4 Å². The van der Waals surface area contributed by atoms with Gasteiger partial charge in [0.25, 0.3) is 0 Å². The van der Waals surface area contributed by atoms with Crippen molar-refractivity contribution in [2.75, 3.05) is 7.05 Å². The maximum absolute atomic E-state index is 13.8. The largest absolute Gasteiger partial charge is 0.457 e. The summed E-state index contributed by atoms with van der Waals surface area (Å²) < 4.78 is 44.3. The molecule has 0 amide bonds. The van der Waals surface area contributed by atoms with Gasteiger partial charge in [0.05, 0.1) is 10.5 Å². The second-order valence-corrected chi connectivity index (χ2v) is 6.80. The molecule has 2 aromatic rings. The van der Waals surface area contributed by atoms with Gasteiger partial charge in [0.1, 0.15) is 12.4 Å². The van der Waals surface area contributed by atoms with E-state index in [0.29, 0.717) is 0 Å². The predicted molar refractivity (Wildman–Crippen MR) is 82.9 cm³/mol. The minimum absolute atomic E-state index is 0.0262. The molecule has 0 radical (unpaired) electrons. The first-order valence-corrected chi connectivity index (χ1v) is 8.27. The minimum atomic E-state index is -3.77. The number of hydrogen-bond acceptors (Lipinski definition) is 4. The maximum Gasteiger partial charge on any atom is 0.341 e. The summed E-state index contributed by atoms with van der Waals surface area (Å²) in [5, 5.41) is 0. The number of carbonyl (C=O) groups excluding carboxylic acids is 1. The van der Waals surface area contributed by atoms with Crippen LogP contribution >= 0.6 is 0 Å². The Morgan fingerprint density at radius 3 is 2.43 bits per heavy atom. The summed E-state index contributed by atoms with van der Waals surface area (Å²) >= 11 is 0. The normalized spacial score (nSPS) is 11.3. The van der Waals surface area contributed by atoms with Crippen LogP contribution in [0.25, 0.3) is 0 Å². The number of ether oxygens (including phenoxy) is 1. The molecule has 5 nitrogen and oxygen atoms in total. The summed E-state index contributed by atoms with van der Waals surface area (Å²) in [7, 11) is -2.54. The van der Waals surface area contributed by atoms with E-state index < -0.39 is 27.4 Å². The van der Waals surface area contributed by atoms with Crippen LogP contribution in [-0.4, -0.2) is 21.4 Å². The van der Waals surface area contributed by atoms with Crippen molar-refractivity contribution in [1.82, 2.24) is 4.72 Å². The fraction of sp³-hybridized carbons (Fsp3) is 0.188. The number of halogens is 1. The zero-order valence-electron chi connectivity index (χ0n) is 12.7. The molecule has 2 aromatic carbocycles. The molecule has 122 valence electrons. The Hall–Kier alpha value is -2.25. The summed E-state index contributed by atoms with van der Waals surface area (Å²) in [5.41, 5.74) is 1.40. The van der Waals surface area contributed by atoms with Crippen LogP contribution in [0.5, 0.6) is 0 Å². The SMILES string of the molecule is CNS(=O)(=O)c1ccc(F)c(C(=O)OCc2ccc(C)cc2)c1. The second-order valence-electron chi connectivity index (χ2n) is 4.91. The van der Waals surface area contributed by atoms with Gasteiger partial charge >= 0.3 is 5.97 Å². The molecule has 0 spiro atoms. The third-order valence-electron chi connectivity index (χ3n) is 3.23. The van der Waals surface area contributed by atoms with Crippen LogP contribution in [-0.2, 0) is 21.4 Å². The van der Waals surface area contributed by atoms with Crippen molar-refractivity contribution in [3.8, 4) is 0 Å². The molecule has 0 unspecified atom stereocenters. The summed E-state index contributed by atoms with van der Waals surface area (Å²) in [6, 6.07) is 10.3. The molecule has 0 saturated carbocycles. The number of carbonyl (C=O) groups is 1. The lowest BCUT2D eigenvalue weighted by molar-refractivity contribution is 0.0467. The Morgan fingerprint density at radius 1 is 1.17 bits per heavy atom. The number of esters is 1. The van der Waals surface area contributed by atoms with E-state index in [1.54, 1.807) is 12.1 Å². The van der Waals surface area contributed by atoms with Crippen LogP contribution in [0, 0.1) is 12.7 Å². The van der Waals surface area contributed by atoms with Crippen molar-refractivity contribution in [2.24, 2.45) is 0 Å². The summed E-state index contributed by atoms with van der Waals surface area (Å²) in [6.07, 6.45) is 0. The first-order chi connectivity index (χ1) is 10.8. The highest BCUT2D eigenvalue weighted by Crippen LogP contribution is 2.17. The van der Waals surface area contributed by atoms with Gasteiger partial charge in [0.2, 0.25) is 10.0 Å². The highest BCUT2D eigenvalue weighted by atomic mass is 32.2. The number of sulfonamides is 1. The first-order valence-electron chi connectivity index (χ1n) is 6.79. The molecule has 7 heteroatoms. The monoisotopic (exact) mass is 337 g/mol. The van der Waals surface area contributed by atoms with E-state index in [0.717, 1.165) is 29.3 Å². The Morgan fingerprint density at radius 2 is 1.83 bits per heavy atom. The molecular formula is C16H16FNO4S. The molecule has 2 rings (SSSR count). The smallest absolute Gasteiger partial charge is 0.341 e. The van der Waals surface area contributed by atoms with Crippen LogP contribution in [0.2, 0.25) is 0 Å². The van der Waals surface area contributed by atoms with Gasteiger partial charge in [-0.15, -0.1) is 0 Å². The molecule has 0 heterocycles. The van der Waals surface area contributed by atoms with Crippen molar-refractivity contribution in [1.29, 1.82) is 0 Å². The van der Waals surface area contributed by atoms with Crippen LogP contribution in [0.3, 0.4) is 0 Å². The van der Waals surface area contributed by atoms with Gasteiger partial charge in [0.15, 0.2) is 0 Å². The highest BCUT2D eigenvalue weighted by Gasteiger charge is 2.19. The van der Waals surface area contributed by atoms with E-state index in [-0.39, 0.29) is 11.5 Å². The second kappa shape index (κ2) is 6.89. The molecule has 0 aliphatic carbocycles. The number of hydrogen-bond donors (Lipinski definition) is 1. The summed E-state index contributed by atoms with van der Waals surface area (Å²) in [5.74, 6) is -1.76. The van der Waals surface area contributed by atoms with E-state index in [1.807, 2.05) is 19.1 Å². The highest BCUT2D eigenvalue weighted by molar-refractivity contribution is 7.89. The van der Waals surface area contributed by atoms with Crippen molar-refractivity contribution in [2.45, 2.75) is 18.4 Å². The Labute approximate surface area is 134 Å². The van der Waals surface area contributed by atoms with Gasteiger partial charge in [-0.05, 0) is 37.7 Å². The Bertz CT molecular complexity index is 816. The number of aryl methyl sites for hydroxylation is 1. The molecule has 0 bridgehead atoms. The molecule has 0 aromatic heterocycles. The van der Waals surface area contributed by atoms with Crippen molar-refractivity contribution >= 4 is 16.0 Å². The topological polar surface area (TPSA) is 72.5 Å². The van der Waals surface area contributed by atoms with Crippen LogP contribution in [0.4, 0.5) is 4.39 Å². The van der Waals surface area contributed by atoms with Gasteiger partial charge in [-0.25, -0.2) is 22.3 Å². The van der Waals surface area contributed by atoms with Crippen LogP contribution in [0.1, 0.15) is 21.5 Å². The van der Waals surface area contributed by atoms with Gasteiger partial charge in [-0.1, -0.05) is 29.8 Å². The first kappa shape index (κ1) is 17.1. The Kier molecular flexibility index (Phi) is 5.12. The molecule has 23 heavy (non-hydrogen) atoms. The standard InChI is InChI=1S/C16H16FNO4S/c1-11-3-5-12(6-4-11)10-22-16(19)14-9-13(7-8-15(14)17)23(20,21)18-2/h3-9,18H,10H2,1-2H3. The van der Waals surface area contributed by atoms with Gasteiger partial charge in [-0.2, -0.15) is 0 Å². The fourth-order valence-corrected chi connectivity index (χ4v) is 2.61. The molecule has 0 atom stereocenters. The quantitative estimate of drug-likeness (QED) is 0.851. The molecule has 0 fully saturated rings. The molecule has 0 aliphatic rings. The van der Waals surface area contributed by atoms with E-state index in [9.17, 15) is 17.6 Å². The summed E-state index contributed by atoms with van der Waals surface area (Å²) in [4.78, 5) is 11.8. The third-order valence-corrected chi connectivity index (χ3v) is 4.64. The third kappa shape index (κ3) is 4.14. The molecule has 0 saturated heterocycles. The van der Waals surface area contributed by atoms with Crippen molar-refractivity contribution in [3.05, 3.63) is 65.0 Å². The van der Waals surface area contributed by atoms with E-state index >= 15 is 0 Å². The van der Waals surface area contributed by atoms with Gasteiger partial charge in [-0.3, -0.25) is 0 Å². The maximum atomic E-state index is 13.8. The van der Waals surface area contributed by atoms with E-state index in [4.69, 9.17) is 4.74 Å². The number of rotatable bonds is 5. The predicted octanol–water partition coefficient (Wildman–Crippen LogP) is 2.40. The number of benzene rings is 2. The molecular weight excluding hydrogens is 321 g/mol. The molecule has 1 N–H and O–H groups in total. The lowest BCUT2D eigenvalue weighted by atomic mass is 10.2. The summed E-state index contributed by atoms with van der Waals surface area (Å²) in [6.45, 7) is 1.90.